The van der Waals surface area contributed by atoms with Gasteiger partial charge in [-0.2, -0.15) is 0 Å². The number of carbonyl (C=O) groups excluding carboxylic acids is 1. The standard InChI is InChI=1S/C14H21NO4/c1-9(8-16)10(2)15-14(17)11-5-12(18-3)7-13(6-11)19-4/h5-7,9-10,16H,8H2,1-4H3,(H,15,17). The molecule has 5 heteroatoms. The third kappa shape index (κ3) is 4.13. The number of rotatable bonds is 6. The molecular weight excluding hydrogens is 246 g/mol. The van der Waals surface area contributed by atoms with Gasteiger partial charge in [0.05, 0.1) is 14.2 Å². The summed E-state index contributed by atoms with van der Waals surface area (Å²) in [6.07, 6.45) is 0. The summed E-state index contributed by atoms with van der Waals surface area (Å²) in [5.41, 5.74) is 0.466. The Morgan fingerprint density at radius 3 is 2.16 bits per heavy atom. The Balaban J connectivity index is 2.87. The first kappa shape index (κ1) is 15.3. The molecule has 0 fully saturated rings. The molecule has 0 aromatic heterocycles. The first-order valence-corrected chi connectivity index (χ1v) is 6.16. The molecular formula is C14H21NO4. The number of benzene rings is 1. The van der Waals surface area contributed by atoms with Crippen LogP contribution in [0.25, 0.3) is 0 Å². The molecule has 2 N–H and O–H groups in total. The minimum absolute atomic E-state index is 0.00328. The highest BCUT2D eigenvalue weighted by Gasteiger charge is 2.16. The fourth-order valence-corrected chi connectivity index (χ4v) is 1.53. The van der Waals surface area contributed by atoms with Crippen LogP contribution < -0.4 is 14.8 Å². The zero-order valence-corrected chi connectivity index (χ0v) is 11.8. The van der Waals surface area contributed by atoms with Crippen LogP contribution in [0.1, 0.15) is 24.2 Å². The van der Waals surface area contributed by atoms with E-state index < -0.39 is 0 Å². The van der Waals surface area contributed by atoms with Gasteiger partial charge in [0.25, 0.3) is 5.91 Å². The zero-order chi connectivity index (χ0) is 14.4. The minimum Gasteiger partial charge on any atom is -0.497 e. The van der Waals surface area contributed by atoms with Crippen LogP contribution in [-0.2, 0) is 0 Å². The molecule has 0 aliphatic heterocycles. The third-order valence-corrected chi connectivity index (χ3v) is 3.11. The molecule has 2 atom stereocenters. The van der Waals surface area contributed by atoms with E-state index in [4.69, 9.17) is 14.6 Å². The number of methoxy groups -OCH3 is 2. The third-order valence-electron chi connectivity index (χ3n) is 3.11. The summed E-state index contributed by atoms with van der Waals surface area (Å²) >= 11 is 0. The molecule has 2 unspecified atom stereocenters. The Morgan fingerprint density at radius 1 is 1.21 bits per heavy atom. The molecule has 0 radical (unpaired) electrons. The Hall–Kier alpha value is -1.75. The van der Waals surface area contributed by atoms with Crippen LogP contribution in [0.5, 0.6) is 11.5 Å². The number of amides is 1. The number of aliphatic hydroxyl groups excluding tert-OH is 1. The van der Waals surface area contributed by atoms with Crippen molar-refractivity contribution in [2.24, 2.45) is 5.92 Å². The van der Waals surface area contributed by atoms with E-state index in [0.717, 1.165) is 0 Å². The molecule has 1 aromatic rings. The predicted molar refractivity (Wildman–Crippen MR) is 72.7 cm³/mol. The quantitative estimate of drug-likeness (QED) is 0.818. The van der Waals surface area contributed by atoms with Gasteiger partial charge in [-0.05, 0) is 25.0 Å². The van der Waals surface area contributed by atoms with Crippen molar-refractivity contribution in [3.8, 4) is 11.5 Å². The molecule has 0 saturated carbocycles. The van der Waals surface area contributed by atoms with E-state index in [1.54, 1.807) is 18.2 Å². The maximum absolute atomic E-state index is 12.1. The van der Waals surface area contributed by atoms with E-state index in [1.807, 2.05) is 13.8 Å². The van der Waals surface area contributed by atoms with Crippen molar-refractivity contribution in [1.82, 2.24) is 5.32 Å². The van der Waals surface area contributed by atoms with Crippen LogP contribution in [0, 0.1) is 5.92 Å². The summed E-state index contributed by atoms with van der Waals surface area (Å²) in [5.74, 6) is 0.904. The van der Waals surface area contributed by atoms with Crippen molar-refractivity contribution in [3.63, 3.8) is 0 Å². The average molecular weight is 267 g/mol. The van der Waals surface area contributed by atoms with E-state index in [0.29, 0.717) is 17.1 Å². The molecule has 0 heterocycles. The predicted octanol–water partition coefficient (Wildman–Crippen LogP) is 1.45. The zero-order valence-electron chi connectivity index (χ0n) is 11.8. The molecule has 0 spiro atoms. The van der Waals surface area contributed by atoms with Gasteiger partial charge in [-0.15, -0.1) is 0 Å². The highest BCUT2D eigenvalue weighted by atomic mass is 16.5. The monoisotopic (exact) mass is 267 g/mol. The van der Waals surface area contributed by atoms with Crippen LogP contribution in [0.4, 0.5) is 0 Å². The van der Waals surface area contributed by atoms with Crippen molar-refractivity contribution in [1.29, 1.82) is 0 Å². The van der Waals surface area contributed by atoms with Crippen LogP contribution in [0.15, 0.2) is 18.2 Å². The molecule has 106 valence electrons. The summed E-state index contributed by atoms with van der Waals surface area (Å²) in [5, 5.41) is 11.9. The van der Waals surface area contributed by atoms with E-state index >= 15 is 0 Å². The lowest BCUT2D eigenvalue weighted by Crippen LogP contribution is -2.38. The number of hydrogen-bond donors (Lipinski definition) is 2. The topological polar surface area (TPSA) is 67.8 Å². The normalized spacial score (nSPS) is 13.5. The summed E-state index contributed by atoms with van der Waals surface area (Å²) in [7, 11) is 3.07. The van der Waals surface area contributed by atoms with E-state index in [2.05, 4.69) is 5.32 Å². The highest BCUT2D eigenvalue weighted by Crippen LogP contribution is 2.22. The second kappa shape index (κ2) is 6.99. The highest BCUT2D eigenvalue weighted by molar-refractivity contribution is 5.95. The smallest absolute Gasteiger partial charge is 0.251 e. The van der Waals surface area contributed by atoms with Crippen molar-refractivity contribution >= 4 is 5.91 Å². The lowest BCUT2D eigenvalue weighted by atomic mass is 10.0. The van der Waals surface area contributed by atoms with Crippen LogP contribution in [-0.4, -0.2) is 37.9 Å². The summed E-state index contributed by atoms with van der Waals surface area (Å²) in [6.45, 7) is 3.76. The van der Waals surface area contributed by atoms with Gasteiger partial charge in [0.1, 0.15) is 11.5 Å². The molecule has 1 aromatic carbocycles. The minimum atomic E-state index is -0.218. The van der Waals surface area contributed by atoms with Crippen LogP contribution in [0.3, 0.4) is 0 Å². The maximum atomic E-state index is 12.1. The van der Waals surface area contributed by atoms with Crippen molar-refractivity contribution in [3.05, 3.63) is 23.8 Å². The van der Waals surface area contributed by atoms with E-state index in [-0.39, 0.29) is 24.5 Å². The van der Waals surface area contributed by atoms with Gasteiger partial charge in [0.15, 0.2) is 0 Å². The van der Waals surface area contributed by atoms with Crippen LogP contribution in [0.2, 0.25) is 0 Å². The average Bonchev–Trinajstić information content (AvgIpc) is 2.45. The molecule has 0 bridgehead atoms. The SMILES string of the molecule is COc1cc(OC)cc(C(=O)NC(C)C(C)CO)c1. The lowest BCUT2D eigenvalue weighted by molar-refractivity contribution is 0.0915. The summed E-state index contributed by atoms with van der Waals surface area (Å²) in [6, 6.07) is 4.88. The van der Waals surface area contributed by atoms with Crippen LogP contribution >= 0.6 is 0 Å². The van der Waals surface area contributed by atoms with Gasteiger partial charge >= 0.3 is 0 Å². The van der Waals surface area contributed by atoms with E-state index in [9.17, 15) is 4.79 Å². The van der Waals surface area contributed by atoms with E-state index in [1.165, 1.54) is 14.2 Å². The van der Waals surface area contributed by atoms with Gasteiger partial charge in [0.2, 0.25) is 0 Å². The largest absolute Gasteiger partial charge is 0.497 e. The first-order valence-electron chi connectivity index (χ1n) is 6.16. The summed E-state index contributed by atoms with van der Waals surface area (Å²) in [4.78, 5) is 12.1. The molecule has 5 nitrogen and oxygen atoms in total. The Kier molecular flexibility index (Phi) is 5.63. The molecule has 1 rings (SSSR count). The fourth-order valence-electron chi connectivity index (χ4n) is 1.53. The maximum Gasteiger partial charge on any atom is 0.251 e. The Morgan fingerprint density at radius 2 is 1.74 bits per heavy atom. The lowest BCUT2D eigenvalue weighted by Gasteiger charge is -2.19. The first-order chi connectivity index (χ1) is 9.01. The van der Waals surface area contributed by atoms with Gasteiger partial charge in [-0.1, -0.05) is 6.92 Å². The van der Waals surface area contributed by atoms with Gasteiger partial charge in [-0.3, -0.25) is 4.79 Å². The number of hydrogen-bond acceptors (Lipinski definition) is 4. The molecule has 0 aliphatic carbocycles. The molecule has 1 amide bonds. The summed E-state index contributed by atoms with van der Waals surface area (Å²) < 4.78 is 10.2. The van der Waals surface area contributed by atoms with Crippen molar-refractivity contribution in [2.75, 3.05) is 20.8 Å². The number of aliphatic hydroxyl groups is 1. The Labute approximate surface area is 113 Å². The molecule has 0 aliphatic rings. The molecule has 19 heavy (non-hydrogen) atoms. The van der Waals surface area contributed by atoms with Gasteiger partial charge < -0.3 is 19.9 Å². The van der Waals surface area contributed by atoms with Crippen molar-refractivity contribution < 1.29 is 19.4 Å². The van der Waals surface area contributed by atoms with Gasteiger partial charge in [-0.25, -0.2) is 0 Å². The second-order valence-corrected chi connectivity index (χ2v) is 4.52. The molecule has 0 saturated heterocycles. The fraction of sp³-hybridized carbons (Fsp3) is 0.500. The Bertz CT molecular complexity index is 411. The van der Waals surface area contributed by atoms with Crippen molar-refractivity contribution in [2.45, 2.75) is 19.9 Å². The number of ether oxygens (including phenoxy) is 2. The number of nitrogens with one attached hydrogen (secondary N) is 1. The second-order valence-electron chi connectivity index (χ2n) is 4.52. The van der Waals surface area contributed by atoms with Gasteiger partial charge in [0, 0.05) is 24.3 Å². The number of carbonyl (C=O) groups is 1.